The first-order valence-corrected chi connectivity index (χ1v) is 7.61. The van der Waals surface area contributed by atoms with E-state index in [0.29, 0.717) is 27.9 Å². The molecule has 0 bridgehead atoms. The third-order valence-electron chi connectivity index (χ3n) is 3.66. The monoisotopic (exact) mass is 334 g/mol. The smallest absolute Gasteiger partial charge is 0.216 e. The van der Waals surface area contributed by atoms with Crippen LogP contribution >= 0.6 is 12.2 Å². The van der Waals surface area contributed by atoms with Crippen molar-refractivity contribution in [2.45, 2.75) is 18.8 Å². The van der Waals surface area contributed by atoms with E-state index in [2.05, 4.69) is 15.3 Å². The Labute approximate surface area is 138 Å². The van der Waals surface area contributed by atoms with Crippen molar-refractivity contribution in [3.05, 3.63) is 28.3 Å². The summed E-state index contributed by atoms with van der Waals surface area (Å²) in [7, 11) is 4.73. The quantitative estimate of drug-likeness (QED) is 0.649. The van der Waals surface area contributed by atoms with Gasteiger partial charge in [0.15, 0.2) is 17.3 Å². The van der Waals surface area contributed by atoms with E-state index in [1.165, 1.54) is 0 Å². The fourth-order valence-electron chi connectivity index (χ4n) is 2.37. The zero-order chi connectivity index (χ0) is 16.4. The second-order valence-corrected chi connectivity index (χ2v) is 5.53. The predicted molar refractivity (Wildman–Crippen MR) is 88.5 cm³/mol. The number of benzene rings is 1. The first-order chi connectivity index (χ1) is 11.2. The molecule has 122 valence electrons. The molecule has 7 nitrogen and oxygen atoms in total. The number of methoxy groups -OCH3 is 3. The van der Waals surface area contributed by atoms with Gasteiger partial charge in [-0.3, -0.25) is 5.10 Å². The van der Waals surface area contributed by atoms with Crippen molar-refractivity contribution in [1.82, 2.24) is 14.9 Å². The minimum atomic E-state index is 0.437. The normalized spacial score (nSPS) is 14.2. The van der Waals surface area contributed by atoms with E-state index in [9.17, 15) is 0 Å². The molecule has 1 aromatic carbocycles. The van der Waals surface area contributed by atoms with Gasteiger partial charge in [0.25, 0.3) is 0 Å². The Morgan fingerprint density at radius 3 is 2.57 bits per heavy atom. The average Bonchev–Trinajstić information content (AvgIpc) is 3.35. The van der Waals surface area contributed by atoms with Crippen LogP contribution in [0, 0.1) is 4.77 Å². The van der Waals surface area contributed by atoms with Gasteiger partial charge in [0, 0.05) is 11.5 Å². The number of aromatic nitrogens is 3. The minimum absolute atomic E-state index is 0.437. The summed E-state index contributed by atoms with van der Waals surface area (Å²) in [6.07, 6.45) is 3.92. The molecular formula is C15H18N4O3S. The molecule has 1 N–H and O–H groups in total. The fraction of sp³-hybridized carbons (Fsp3) is 0.400. The molecule has 1 aliphatic carbocycles. The Bertz CT molecular complexity index is 793. The maximum absolute atomic E-state index is 5.45. The lowest BCUT2D eigenvalue weighted by Gasteiger charge is -2.13. The summed E-state index contributed by atoms with van der Waals surface area (Å²) in [6.45, 7) is 0. The number of H-pyrrole nitrogens is 1. The number of hydrogen-bond donors (Lipinski definition) is 1. The van der Waals surface area contributed by atoms with Crippen LogP contribution in [0.2, 0.25) is 0 Å². The van der Waals surface area contributed by atoms with Gasteiger partial charge < -0.3 is 14.2 Å². The molecule has 0 spiro atoms. The molecule has 8 heteroatoms. The van der Waals surface area contributed by atoms with Gasteiger partial charge in [-0.05, 0) is 37.2 Å². The van der Waals surface area contributed by atoms with Crippen molar-refractivity contribution in [2.75, 3.05) is 21.3 Å². The van der Waals surface area contributed by atoms with Gasteiger partial charge in [0.05, 0.1) is 27.5 Å². The minimum Gasteiger partial charge on any atom is -0.493 e. The molecule has 0 amide bonds. The highest BCUT2D eigenvalue weighted by atomic mass is 32.1. The first kappa shape index (κ1) is 15.5. The second kappa shape index (κ2) is 6.41. The van der Waals surface area contributed by atoms with Gasteiger partial charge in [-0.2, -0.15) is 14.9 Å². The van der Waals surface area contributed by atoms with Gasteiger partial charge >= 0.3 is 0 Å². The Morgan fingerprint density at radius 2 is 1.96 bits per heavy atom. The van der Waals surface area contributed by atoms with Gasteiger partial charge in [0.2, 0.25) is 10.5 Å². The zero-order valence-corrected chi connectivity index (χ0v) is 14.0. The van der Waals surface area contributed by atoms with Gasteiger partial charge in [0.1, 0.15) is 0 Å². The highest BCUT2D eigenvalue weighted by Gasteiger charge is 2.29. The van der Waals surface area contributed by atoms with Crippen LogP contribution in [0.4, 0.5) is 0 Å². The third-order valence-corrected chi connectivity index (χ3v) is 3.93. The Hall–Kier alpha value is -2.35. The van der Waals surface area contributed by atoms with Crippen LogP contribution in [0.5, 0.6) is 17.2 Å². The molecule has 1 saturated carbocycles. The number of aromatic amines is 1. The van der Waals surface area contributed by atoms with Crippen molar-refractivity contribution >= 4 is 18.4 Å². The molecule has 1 fully saturated rings. The highest BCUT2D eigenvalue weighted by molar-refractivity contribution is 7.71. The lowest BCUT2D eigenvalue weighted by atomic mass is 10.2. The van der Waals surface area contributed by atoms with E-state index in [4.69, 9.17) is 26.4 Å². The maximum atomic E-state index is 5.45. The van der Waals surface area contributed by atoms with Crippen LogP contribution in [0.25, 0.3) is 0 Å². The maximum Gasteiger partial charge on any atom is 0.216 e. The molecule has 0 unspecified atom stereocenters. The van der Waals surface area contributed by atoms with Crippen LogP contribution in [0.15, 0.2) is 17.2 Å². The van der Waals surface area contributed by atoms with Crippen molar-refractivity contribution in [2.24, 2.45) is 5.10 Å². The van der Waals surface area contributed by atoms with Crippen molar-refractivity contribution < 1.29 is 14.2 Å². The second-order valence-electron chi connectivity index (χ2n) is 5.14. The molecule has 3 rings (SSSR count). The lowest BCUT2D eigenvalue weighted by molar-refractivity contribution is 0.324. The number of nitrogens with one attached hydrogen (secondary N) is 1. The Balaban J connectivity index is 2.00. The van der Waals surface area contributed by atoms with Crippen LogP contribution in [-0.4, -0.2) is 42.4 Å². The van der Waals surface area contributed by atoms with E-state index in [1.54, 1.807) is 38.3 Å². The van der Waals surface area contributed by atoms with Crippen molar-refractivity contribution in [3.63, 3.8) is 0 Å². The number of ether oxygens (including phenoxy) is 3. The van der Waals surface area contributed by atoms with Crippen LogP contribution in [-0.2, 0) is 0 Å². The SMILES string of the molecule is COc1ccc(/C=N\n2c(C3CC3)n[nH]c2=S)c(OC)c1OC. The number of rotatable bonds is 6. The van der Waals surface area contributed by atoms with E-state index < -0.39 is 0 Å². The third kappa shape index (κ3) is 2.94. The molecule has 23 heavy (non-hydrogen) atoms. The number of hydrogen-bond acceptors (Lipinski definition) is 6. The summed E-state index contributed by atoms with van der Waals surface area (Å²) in [5, 5.41) is 11.5. The van der Waals surface area contributed by atoms with Crippen LogP contribution < -0.4 is 14.2 Å². The summed E-state index contributed by atoms with van der Waals surface area (Å²) in [6, 6.07) is 3.66. The first-order valence-electron chi connectivity index (χ1n) is 7.20. The summed E-state index contributed by atoms with van der Waals surface area (Å²) in [5.74, 6) is 2.98. The highest BCUT2D eigenvalue weighted by Crippen LogP contribution is 2.40. The average molecular weight is 334 g/mol. The summed E-state index contributed by atoms with van der Waals surface area (Å²) < 4.78 is 18.2. The molecular weight excluding hydrogens is 316 g/mol. The molecule has 2 aromatic rings. The van der Waals surface area contributed by atoms with E-state index in [-0.39, 0.29) is 0 Å². The lowest BCUT2D eigenvalue weighted by Crippen LogP contribution is -2.01. The largest absolute Gasteiger partial charge is 0.493 e. The molecule has 1 aliphatic rings. The molecule has 0 aliphatic heterocycles. The van der Waals surface area contributed by atoms with E-state index in [0.717, 1.165) is 24.2 Å². The summed E-state index contributed by atoms with van der Waals surface area (Å²) >= 11 is 5.24. The van der Waals surface area contributed by atoms with Gasteiger partial charge in [-0.1, -0.05) is 0 Å². The van der Waals surface area contributed by atoms with Crippen LogP contribution in [0.3, 0.4) is 0 Å². The van der Waals surface area contributed by atoms with Crippen LogP contribution in [0.1, 0.15) is 30.1 Å². The van der Waals surface area contributed by atoms with Crippen molar-refractivity contribution in [3.8, 4) is 17.2 Å². The van der Waals surface area contributed by atoms with Gasteiger partial charge in [-0.15, -0.1) is 0 Å². The number of nitrogens with zero attached hydrogens (tertiary/aromatic N) is 3. The molecule has 1 heterocycles. The topological polar surface area (TPSA) is 73.7 Å². The predicted octanol–water partition coefficient (Wildman–Crippen LogP) is 2.73. The fourth-order valence-corrected chi connectivity index (χ4v) is 2.55. The van der Waals surface area contributed by atoms with E-state index in [1.807, 2.05) is 6.07 Å². The summed E-state index contributed by atoms with van der Waals surface area (Å²) in [5.41, 5.74) is 0.759. The molecule has 0 atom stereocenters. The summed E-state index contributed by atoms with van der Waals surface area (Å²) in [4.78, 5) is 0. The zero-order valence-electron chi connectivity index (χ0n) is 13.2. The molecule has 1 aromatic heterocycles. The van der Waals surface area contributed by atoms with E-state index >= 15 is 0 Å². The standard InChI is InChI=1S/C15H18N4O3S/c1-20-11-7-6-10(12(21-2)13(11)22-3)8-16-19-14(9-4-5-9)17-18-15(19)23/h6-9H,4-5H2,1-3H3,(H,18,23)/b16-8-. The Kier molecular flexibility index (Phi) is 4.33. The van der Waals surface area contributed by atoms with Crippen molar-refractivity contribution in [1.29, 1.82) is 0 Å². The Morgan fingerprint density at radius 1 is 1.22 bits per heavy atom. The molecule has 0 radical (unpaired) electrons. The molecule has 0 saturated heterocycles. The van der Waals surface area contributed by atoms with Gasteiger partial charge in [-0.25, -0.2) is 0 Å².